The van der Waals surface area contributed by atoms with Crippen LogP contribution in [0.5, 0.6) is 0 Å². The first-order valence-corrected chi connectivity index (χ1v) is 12.5. The average molecular weight is 491 g/mol. The molecule has 0 spiro atoms. The van der Waals surface area contributed by atoms with E-state index in [9.17, 15) is 0 Å². The van der Waals surface area contributed by atoms with Crippen molar-refractivity contribution in [2.75, 3.05) is 0 Å². The van der Waals surface area contributed by atoms with Gasteiger partial charge in [-0.15, -0.1) is 0 Å². The Hall–Kier alpha value is -5.16. The Kier molecular flexibility index (Phi) is 5.26. The molecule has 3 aromatic heterocycles. The highest BCUT2D eigenvalue weighted by atomic mass is 16.3. The first-order valence-electron chi connectivity index (χ1n) is 12.5. The predicted molar refractivity (Wildman–Crippen MR) is 151 cm³/mol. The number of benzene rings is 4. The van der Waals surface area contributed by atoms with Gasteiger partial charge in [0.2, 0.25) is 0 Å². The van der Waals surface area contributed by atoms with Crippen molar-refractivity contribution in [3.8, 4) is 45.3 Å². The van der Waals surface area contributed by atoms with Crippen molar-refractivity contribution in [3.05, 3.63) is 121 Å². The molecule has 0 atom stereocenters. The van der Waals surface area contributed by atoms with Crippen LogP contribution < -0.4 is 0 Å². The lowest BCUT2D eigenvalue weighted by atomic mass is 9.99. The normalized spacial score (nSPS) is 11.3. The van der Waals surface area contributed by atoms with Gasteiger partial charge in [-0.25, -0.2) is 15.0 Å². The van der Waals surface area contributed by atoms with Gasteiger partial charge in [-0.05, 0) is 48.4 Å². The summed E-state index contributed by atoms with van der Waals surface area (Å²) < 4.78 is 6.43. The quantitative estimate of drug-likeness (QED) is 0.249. The number of aromatic nitrogens is 4. The molecule has 38 heavy (non-hydrogen) atoms. The Morgan fingerprint density at radius 3 is 1.84 bits per heavy atom. The van der Waals surface area contributed by atoms with Gasteiger partial charge in [0.1, 0.15) is 11.2 Å². The lowest BCUT2D eigenvalue weighted by Crippen LogP contribution is -2.00. The van der Waals surface area contributed by atoms with Gasteiger partial charge in [0, 0.05) is 33.8 Å². The maximum atomic E-state index is 6.43. The number of hydrogen-bond donors (Lipinski definition) is 0. The van der Waals surface area contributed by atoms with Crippen molar-refractivity contribution in [2.24, 2.45) is 0 Å². The molecule has 0 bridgehead atoms. The van der Waals surface area contributed by atoms with Crippen LogP contribution in [0.25, 0.3) is 67.2 Å². The molecule has 0 aliphatic heterocycles. The van der Waals surface area contributed by atoms with Gasteiger partial charge in [-0.1, -0.05) is 78.9 Å². The summed E-state index contributed by atoms with van der Waals surface area (Å²) in [7, 11) is 0. The van der Waals surface area contributed by atoms with Crippen molar-refractivity contribution >= 4 is 21.9 Å². The van der Waals surface area contributed by atoms with Crippen LogP contribution >= 0.6 is 0 Å². The minimum atomic E-state index is 0.564. The van der Waals surface area contributed by atoms with Crippen LogP contribution in [-0.4, -0.2) is 19.9 Å². The third-order valence-electron chi connectivity index (χ3n) is 6.65. The van der Waals surface area contributed by atoms with E-state index in [1.807, 2.05) is 98.0 Å². The standard InChI is InChI=1S/C33H22N4O/c1-21-18-24(16-17-34-21)25-19-27-26-14-8-9-15-29(26)38-30(27)28(20-25)33-36-31(22-10-4-2-5-11-22)35-32(37-33)23-12-6-3-7-13-23/h2-20H,1H3. The van der Waals surface area contributed by atoms with E-state index < -0.39 is 0 Å². The summed E-state index contributed by atoms with van der Waals surface area (Å²) in [5.74, 6) is 1.79. The van der Waals surface area contributed by atoms with Gasteiger partial charge >= 0.3 is 0 Å². The minimum absolute atomic E-state index is 0.564. The van der Waals surface area contributed by atoms with Crippen molar-refractivity contribution in [3.63, 3.8) is 0 Å². The second kappa shape index (κ2) is 9.05. The maximum Gasteiger partial charge on any atom is 0.167 e. The molecule has 3 heterocycles. The largest absolute Gasteiger partial charge is 0.455 e. The Labute approximate surface area is 219 Å². The summed E-state index contributed by atoms with van der Waals surface area (Å²) in [6.07, 6.45) is 1.84. The smallest absolute Gasteiger partial charge is 0.167 e. The summed E-state index contributed by atoms with van der Waals surface area (Å²) in [5.41, 5.74) is 7.33. The summed E-state index contributed by atoms with van der Waals surface area (Å²) in [4.78, 5) is 19.2. The first-order chi connectivity index (χ1) is 18.7. The second-order valence-electron chi connectivity index (χ2n) is 9.22. The highest BCUT2D eigenvalue weighted by molar-refractivity contribution is 6.10. The van der Waals surface area contributed by atoms with E-state index in [1.165, 1.54) is 0 Å². The zero-order valence-corrected chi connectivity index (χ0v) is 20.7. The summed E-state index contributed by atoms with van der Waals surface area (Å²) in [6.45, 7) is 2.00. The Bertz CT molecular complexity index is 1870. The van der Waals surface area contributed by atoms with Gasteiger partial charge in [0.15, 0.2) is 17.5 Å². The van der Waals surface area contributed by atoms with E-state index in [2.05, 4.69) is 29.2 Å². The van der Waals surface area contributed by atoms with Crippen LogP contribution in [0.2, 0.25) is 0 Å². The second-order valence-corrected chi connectivity index (χ2v) is 9.22. The van der Waals surface area contributed by atoms with Crippen molar-refractivity contribution in [1.29, 1.82) is 0 Å². The number of fused-ring (bicyclic) bond motifs is 3. The Morgan fingerprint density at radius 1 is 0.526 bits per heavy atom. The summed E-state index contributed by atoms with van der Waals surface area (Å²) >= 11 is 0. The molecule has 0 radical (unpaired) electrons. The van der Waals surface area contributed by atoms with E-state index in [0.29, 0.717) is 17.5 Å². The van der Waals surface area contributed by atoms with E-state index in [1.54, 1.807) is 0 Å². The summed E-state index contributed by atoms with van der Waals surface area (Å²) in [6, 6.07) is 36.5. The van der Waals surface area contributed by atoms with E-state index in [4.69, 9.17) is 19.4 Å². The fourth-order valence-corrected chi connectivity index (χ4v) is 4.81. The van der Waals surface area contributed by atoms with E-state index >= 15 is 0 Å². The number of furan rings is 1. The van der Waals surface area contributed by atoms with Crippen LogP contribution in [0.1, 0.15) is 5.69 Å². The molecule has 0 saturated heterocycles. The topological polar surface area (TPSA) is 64.7 Å². The molecule has 7 rings (SSSR count). The van der Waals surface area contributed by atoms with Gasteiger partial charge in [-0.2, -0.15) is 0 Å². The summed E-state index contributed by atoms with van der Waals surface area (Å²) in [5, 5.41) is 2.07. The Balaban J connectivity index is 1.55. The van der Waals surface area contributed by atoms with Crippen molar-refractivity contribution < 1.29 is 4.42 Å². The SMILES string of the molecule is Cc1cc(-c2cc(-c3nc(-c4ccccc4)nc(-c4ccccc4)n3)c3oc4ccccc4c3c2)ccn1. The monoisotopic (exact) mass is 490 g/mol. The van der Waals surface area contributed by atoms with Crippen LogP contribution in [-0.2, 0) is 0 Å². The lowest BCUT2D eigenvalue weighted by molar-refractivity contribution is 0.669. The molecule has 7 aromatic rings. The Morgan fingerprint density at radius 2 is 1.16 bits per heavy atom. The minimum Gasteiger partial charge on any atom is -0.455 e. The molecule has 0 aliphatic carbocycles. The molecule has 180 valence electrons. The van der Waals surface area contributed by atoms with Gasteiger partial charge in [0.05, 0.1) is 5.56 Å². The highest BCUT2D eigenvalue weighted by Gasteiger charge is 2.19. The number of hydrogen-bond acceptors (Lipinski definition) is 5. The molecule has 0 saturated carbocycles. The zero-order valence-electron chi connectivity index (χ0n) is 20.7. The molecule has 0 N–H and O–H groups in total. The third kappa shape index (κ3) is 3.91. The number of aryl methyl sites for hydroxylation is 1. The molecule has 0 fully saturated rings. The molecular weight excluding hydrogens is 468 g/mol. The van der Waals surface area contributed by atoms with Crippen molar-refractivity contribution in [2.45, 2.75) is 6.92 Å². The maximum absolute atomic E-state index is 6.43. The van der Waals surface area contributed by atoms with Gasteiger partial charge < -0.3 is 4.42 Å². The number of para-hydroxylation sites is 1. The molecular formula is C33H22N4O. The number of nitrogens with zero attached hydrogens (tertiary/aromatic N) is 4. The molecule has 4 aromatic carbocycles. The van der Waals surface area contributed by atoms with Crippen LogP contribution in [0.4, 0.5) is 0 Å². The molecule has 5 heteroatoms. The molecule has 0 amide bonds. The van der Waals surface area contributed by atoms with Gasteiger partial charge in [-0.3, -0.25) is 4.98 Å². The van der Waals surface area contributed by atoms with Gasteiger partial charge in [0.25, 0.3) is 0 Å². The van der Waals surface area contributed by atoms with E-state index in [-0.39, 0.29) is 0 Å². The van der Waals surface area contributed by atoms with E-state index in [0.717, 1.165) is 55.4 Å². The molecule has 0 unspecified atom stereocenters. The first kappa shape index (κ1) is 22.1. The van der Waals surface area contributed by atoms with Crippen LogP contribution in [0.15, 0.2) is 120 Å². The highest BCUT2D eigenvalue weighted by Crippen LogP contribution is 2.39. The van der Waals surface area contributed by atoms with Crippen LogP contribution in [0.3, 0.4) is 0 Å². The third-order valence-corrected chi connectivity index (χ3v) is 6.65. The number of pyridine rings is 1. The van der Waals surface area contributed by atoms with Crippen molar-refractivity contribution in [1.82, 2.24) is 19.9 Å². The molecule has 0 aliphatic rings. The fraction of sp³-hybridized carbons (Fsp3) is 0.0303. The fourth-order valence-electron chi connectivity index (χ4n) is 4.81. The number of rotatable bonds is 4. The molecule has 5 nitrogen and oxygen atoms in total. The predicted octanol–water partition coefficient (Wildman–Crippen LogP) is 8.14. The average Bonchev–Trinajstić information content (AvgIpc) is 3.36. The zero-order chi connectivity index (χ0) is 25.5. The lowest BCUT2D eigenvalue weighted by Gasteiger charge is -2.10. The van der Waals surface area contributed by atoms with Crippen LogP contribution in [0, 0.1) is 6.92 Å².